The number of H-pyrrole nitrogens is 1. The highest BCUT2D eigenvalue weighted by molar-refractivity contribution is 5.90. The molecule has 5 heteroatoms. The van der Waals surface area contributed by atoms with Gasteiger partial charge in [0.05, 0.1) is 5.52 Å². The van der Waals surface area contributed by atoms with Crippen molar-refractivity contribution < 1.29 is 0 Å². The summed E-state index contributed by atoms with van der Waals surface area (Å²) in [5.41, 5.74) is 1.85. The molecular formula is C10H9N5. The first kappa shape index (κ1) is 8.16. The molecule has 0 saturated heterocycles. The first-order valence-electron chi connectivity index (χ1n) is 4.64. The fraction of sp³-hybridized carbons (Fsp3) is 0.100. The first-order chi connectivity index (χ1) is 7.36. The molecule has 0 fully saturated rings. The molecule has 0 aliphatic carbocycles. The number of para-hydroxylation sites is 1. The van der Waals surface area contributed by atoms with Gasteiger partial charge in [-0.3, -0.25) is 5.10 Å². The molecule has 0 unspecified atom stereocenters. The number of aromatic nitrogens is 5. The van der Waals surface area contributed by atoms with Gasteiger partial charge in [0.2, 0.25) is 0 Å². The van der Waals surface area contributed by atoms with Crippen molar-refractivity contribution in [3.05, 3.63) is 30.6 Å². The second-order valence-corrected chi connectivity index (χ2v) is 3.38. The maximum atomic E-state index is 4.25. The number of nitrogens with zero attached hydrogens (tertiary/aromatic N) is 4. The van der Waals surface area contributed by atoms with Gasteiger partial charge in [-0.25, -0.2) is 0 Å². The molecule has 74 valence electrons. The summed E-state index contributed by atoms with van der Waals surface area (Å²) in [6, 6.07) is 7.96. The minimum Gasteiger partial charge on any atom is -0.315 e. The first-order valence-corrected chi connectivity index (χ1v) is 4.64. The fourth-order valence-corrected chi connectivity index (χ4v) is 1.63. The van der Waals surface area contributed by atoms with E-state index in [9.17, 15) is 0 Å². The second-order valence-electron chi connectivity index (χ2n) is 3.38. The smallest absolute Gasteiger partial charge is 0.184 e. The van der Waals surface area contributed by atoms with Crippen LogP contribution < -0.4 is 0 Å². The average molecular weight is 199 g/mol. The lowest BCUT2D eigenvalue weighted by molar-refractivity contribution is 0.911. The van der Waals surface area contributed by atoms with Crippen LogP contribution in [0.25, 0.3) is 22.4 Å². The van der Waals surface area contributed by atoms with Gasteiger partial charge in [0.15, 0.2) is 5.82 Å². The number of aromatic amines is 1. The lowest BCUT2D eigenvalue weighted by Gasteiger charge is -1.95. The molecular weight excluding hydrogens is 190 g/mol. The van der Waals surface area contributed by atoms with Crippen LogP contribution in [0.1, 0.15) is 0 Å². The highest BCUT2D eigenvalue weighted by atomic mass is 15.3. The van der Waals surface area contributed by atoms with Crippen molar-refractivity contribution in [2.75, 3.05) is 0 Å². The third-order valence-electron chi connectivity index (χ3n) is 2.39. The Morgan fingerprint density at radius 2 is 2.13 bits per heavy atom. The van der Waals surface area contributed by atoms with E-state index in [1.807, 2.05) is 35.9 Å². The molecule has 0 radical (unpaired) electrons. The van der Waals surface area contributed by atoms with E-state index in [1.165, 1.54) is 0 Å². The number of hydrogen-bond acceptors (Lipinski definition) is 3. The van der Waals surface area contributed by atoms with Gasteiger partial charge in [0, 0.05) is 12.4 Å². The maximum Gasteiger partial charge on any atom is 0.184 e. The quantitative estimate of drug-likeness (QED) is 0.643. The van der Waals surface area contributed by atoms with Crippen LogP contribution in [-0.4, -0.2) is 25.0 Å². The van der Waals surface area contributed by atoms with E-state index >= 15 is 0 Å². The third-order valence-corrected chi connectivity index (χ3v) is 2.39. The molecule has 0 saturated carbocycles. The molecule has 0 bridgehead atoms. The minimum atomic E-state index is 0.771. The monoisotopic (exact) mass is 199 g/mol. The highest BCUT2D eigenvalue weighted by Crippen LogP contribution is 2.23. The summed E-state index contributed by atoms with van der Waals surface area (Å²) in [7, 11) is 1.90. The summed E-state index contributed by atoms with van der Waals surface area (Å²) in [5.74, 6) is 0.771. The van der Waals surface area contributed by atoms with E-state index in [0.717, 1.165) is 22.4 Å². The molecule has 2 aromatic heterocycles. The fourth-order valence-electron chi connectivity index (χ4n) is 1.63. The number of fused-ring (bicyclic) bond motifs is 1. The van der Waals surface area contributed by atoms with Gasteiger partial charge in [0.25, 0.3) is 0 Å². The molecule has 1 N–H and O–H groups in total. The van der Waals surface area contributed by atoms with Crippen molar-refractivity contribution in [1.82, 2.24) is 25.0 Å². The maximum absolute atomic E-state index is 4.25. The van der Waals surface area contributed by atoms with Crippen LogP contribution in [0.5, 0.6) is 0 Å². The van der Waals surface area contributed by atoms with E-state index in [2.05, 4.69) is 20.4 Å². The van der Waals surface area contributed by atoms with E-state index < -0.39 is 0 Å². The second kappa shape index (κ2) is 2.91. The summed E-state index contributed by atoms with van der Waals surface area (Å²) in [4.78, 5) is 0. The number of rotatable bonds is 1. The Kier molecular flexibility index (Phi) is 1.58. The summed E-state index contributed by atoms with van der Waals surface area (Å²) in [5, 5.41) is 16.2. The predicted octanol–water partition coefficient (Wildman–Crippen LogP) is 1.36. The third kappa shape index (κ3) is 1.13. The van der Waals surface area contributed by atoms with Crippen molar-refractivity contribution >= 4 is 10.9 Å². The van der Waals surface area contributed by atoms with Gasteiger partial charge >= 0.3 is 0 Å². The molecule has 3 rings (SSSR count). The molecule has 0 aliphatic heterocycles. The lowest BCUT2D eigenvalue weighted by atomic mass is 10.2. The lowest BCUT2D eigenvalue weighted by Crippen LogP contribution is -1.91. The summed E-state index contributed by atoms with van der Waals surface area (Å²) in [6.45, 7) is 0. The Bertz CT molecular complexity index is 607. The van der Waals surface area contributed by atoms with Crippen molar-refractivity contribution in [2.24, 2.45) is 7.05 Å². The largest absolute Gasteiger partial charge is 0.315 e. The van der Waals surface area contributed by atoms with E-state index in [1.54, 1.807) is 6.33 Å². The predicted molar refractivity (Wildman–Crippen MR) is 56.1 cm³/mol. The molecule has 0 spiro atoms. The van der Waals surface area contributed by atoms with Gasteiger partial charge in [-0.15, -0.1) is 10.2 Å². The van der Waals surface area contributed by atoms with E-state index in [-0.39, 0.29) is 0 Å². The van der Waals surface area contributed by atoms with Gasteiger partial charge in [-0.1, -0.05) is 18.2 Å². The minimum absolute atomic E-state index is 0.771. The van der Waals surface area contributed by atoms with Gasteiger partial charge in [-0.2, -0.15) is 5.10 Å². The summed E-state index contributed by atoms with van der Waals surface area (Å²) in [6.07, 6.45) is 1.67. The number of nitrogens with one attached hydrogen (secondary N) is 1. The zero-order valence-corrected chi connectivity index (χ0v) is 8.18. The van der Waals surface area contributed by atoms with Crippen molar-refractivity contribution in [2.45, 2.75) is 0 Å². The van der Waals surface area contributed by atoms with Gasteiger partial charge in [0.1, 0.15) is 12.0 Å². The number of benzene rings is 1. The van der Waals surface area contributed by atoms with Crippen molar-refractivity contribution in [1.29, 1.82) is 0 Å². The molecule has 0 aliphatic rings. The van der Waals surface area contributed by atoms with Crippen LogP contribution in [0.15, 0.2) is 30.6 Å². The molecule has 0 amide bonds. The number of hydrogen-bond donors (Lipinski definition) is 1. The van der Waals surface area contributed by atoms with Crippen molar-refractivity contribution in [3.8, 4) is 11.5 Å². The molecule has 2 heterocycles. The zero-order chi connectivity index (χ0) is 10.3. The van der Waals surface area contributed by atoms with Crippen LogP contribution in [0.2, 0.25) is 0 Å². The average Bonchev–Trinajstić information content (AvgIpc) is 2.83. The standard InChI is InChI=1S/C10H9N5/c1-15-6-11-14-10(15)9-7-4-2-3-5-8(7)12-13-9/h2-6H,1H3,(H,12,13). The van der Waals surface area contributed by atoms with E-state index in [0.29, 0.717) is 0 Å². The topological polar surface area (TPSA) is 59.4 Å². The molecule has 3 aromatic rings. The van der Waals surface area contributed by atoms with Crippen LogP contribution in [0.3, 0.4) is 0 Å². The summed E-state index contributed by atoms with van der Waals surface area (Å²) >= 11 is 0. The van der Waals surface area contributed by atoms with Crippen molar-refractivity contribution in [3.63, 3.8) is 0 Å². The zero-order valence-electron chi connectivity index (χ0n) is 8.18. The van der Waals surface area contributed by atoms with Crippen LogP contribution in [0, 0.1) is 0 Å². The van der Waals surface area contributed by atoms with Crippen LogP contribution >= 0.6 is 0 Å². The molecule has 0 atom stereocenters. The van der Waals surface area contributed by atoms with Crippen LogP contribution in [-0.2, 0) is 7.05 Å². The summed E-state index contributed by atoms with van der Waals surface area (Å²) < 4.78 is 1.85. The Labute approximate surface area is 85.8 Å². The van der Waals surface area contributed by atoms with Gasteiger partial charge in [-0.05, 0) is 6.07 Å². The highest BCUT2D eigenvalue weighted by Gasteiger charge is 2.11. The Morgan fingerprint density at radius 1 is 1.27 bits per heavy atom. The Morgan fingerprint density at radius 3 is 2.93 bits per heavy atom. The Balaban J connectivity index is 2.32. The SMILES string of the molecule is Cn1cnnc1-c1n[nH]c2ccccc12. The molecule has 1 aromatic carbocycles. The number of aryl methyl sites for hydroxylation is 1. The molecule has 15 heavy (non-hydrogen) atoms. The Hall–Kier alpha value is -2.17. The van der Waals surface area contributed by atoms with E-state index in [4.69, 9.17) is 0 Å². The van der Waals surface area contributed by atoms with Crippen LogP contribution in [0.4, 0.5) is 0 Å². The molecule has 5 nitrogen and oxygen atoms in total. The normalized spacial score (nSPS) is 11.0. The van der Waals surface area contributed by atoms with Gasteiger partial charge < -0.3 is 4.57 Å².